The Morgan fingerprint density at radius 3 is 2.39 bits per heavy atom. The molecule has 1 aliphatic rings. The van der Waals surface area contributed by atoms with Crippen LogP contribution in [-0.2, 0) is 30.4 Å². The number of aliphatic carboxylic acids is 1. The van der Waals surface area contributed by atoms with Gasteiger partial charge in [-0.1, -0.05) is 60.1 Å². The number of nitrogens with zero attached hydrogens (tertiary/aromatic N) is 2. The van der Waals surface area contributed by atoms with E-state index in [4.69, 9.17) is 31.3 Å². The standard InChI is InChI=1S/C37H36ClF3N2O6/c38-30-22-26(24-13-15-28(16-14-24)37(39,40)41)11-12-27(30)23-48-33-9-2-1-6-25(33)19-21-43(20-4-3-10-35(44)45)32-8-5-7-31-29(32)17-18-34(42-31)49-36(46)47/h1-2,6,9,11-18,22,32H,3-5,7-8,10,19-21,23H2,(H,44,45)(H,46,47). The third-order valence-corrected chi connectivity index (χ3v) is 8.93. The molecule has 1 aromatic heterocycles. The van der Waals surface area contributed by atoms with Gasteiger partial charge in [-0.25, -0.2) is 9.78 Å². The van der Waals surface area contributed by atoms with Crippen LogP contribution in [0.4, 0.5) is 18.0 Å². The molecule has 0 radical (unpaired) electrons. The van der Waals surface area contributed by atoms with Crippen molar-refractivity contribution in [2.75, 3.05) is 13.1 Å². The van der Waals surface area contributed by atoms with Crippen molar-refractivity contribution in [3.63, 3.8) is 0 Å². The number of carboxylic acid groups (broad SMARTS) is 2. The number of halogens is 4. The minimum absolute atomic E-state index is 0.0232. The summed E-state index contributed by atoms with van der Waals surface area (Å²) in [7, 11) is 0. The fraction of sp³-hybridized carbons (Fsp3) is 0.324. The predicted octanol–water partition coefficient (Wildman–Crippen LogP) is 9.23. The van der Waals surface area contributed by atoms with E-state index >= 15 is 0 Å². The predicted molar refractivity (Wildman–Crippen MR) is 178 cm³/mol. The number of carbonyl (C=O) groups is 2. The second kappa shape index (κ2) is 16.2. The van der Waals surface area contributed by atoms with Crippen LogP contribution in [-0.4, -0.2) is 45.3 Å². The van der Waals surface area contributed by atoms with Gasteiger partial charge >= 0.3 is 18.3 Å². The van der Waals surface area contributed by atoms with Gasteiger partial charge in [0.2, 0.25) is 5.88 Å². The van der Waals surface area contributed by atoms with Crippen LogP contribution in [0.2, 0.25) is 5.02 Å². The molecule has 5 rings (SSSR count). The lowest BCUT2D eigenvalue weighted by molar-refractivity contribution is -0.138. The summed E-state index contributed by atoms with van der Waals surface area (Å²) in [4.78, 5) is 29.0. The molecule has 1 heterocycles. The monoisotopic (exact) mass is 696 g/mol. The summed E-state index contributed by atoms with van der Waals surface area (Å²) in [5.74, 6) is -0.0946. The van der Waals surface area contributed by atoms with Crippen molar-refractivity contribution in [3.8, 4) is 22.8 Å². The molecule has 0 spiro atoms. The number of carboxylic acids is 1. The van der Waals surface area contributed by atoms with E-state index in [-0.39, 0.29) is 24.9 Å². The van der Waals surface area contributed by atoms with Gasteiger partial charge in [0, 0.05) is 41.4 Å². The topological polar surface area (TPSA) is 109 Å². The number of hydrogen-bond donors (Lipinski definition) is 2. The highest BCUT2D eigenvalue weighted by molar-refractivity contribution is 6.31. The summed E-state index contributed by atoms with van der Waals surface area (Å²) in [6.45, 7) is 1.52. The maximum Gasteiger partial charge on any atom is 0.512 e. The Morgan fingerprint density at radius 2 is 1.67 bits per heavy atom. The molecule has 0 saturated heterocycles. The number of unbranched alkanes of at least 4 members (excludes halogenated alkanes) is 1. The van der Waals surface area contributed by atoms with Crippen molar-refractivity contribution in [1.29, 1.82) is 0 Å². The molecule has 2 N–H and O–H groups in total. The average Bonchev–Trinajstić information content (AvgIpc) is 3.07. The number of aromatic nitrogens is 1. The summed E-state index contributed by atoms with van der Waals surface area (Å²) in [5.41, 5.74) is 4.12. The first-order chi connectivity index (χ1) is 23.5. The highest BCUT2D eigenvalue weighted by Gasteiger charge is 2.30. The number of rotatable bonds is 14. The van der Waals surface area contributed by atoms with Gasteiger partial charge < -0.3 is 19.7 Å². The van der Waals surface area contributed by atoms with Crippen molar-refractivity contribution in [2.24, 2.45) is 0 Å². The average molecular weight is 697 g/mol. The van der Waals surface area contributed by atoms with E-state index in [0.717, 1.165) is 47.4 Å². The summed E-state index contributed by atoms with van der Waals surface area (Å²) in [6, 6.07) is 21.4. The van der Waals surface area contributed by atoms with E-state index in [1.54, 1.807) is 24.3 Å². The Labute approximate surface area is 287 Å². The number of fused-ring (bicyclic) bond motifs is 1. The minimum Gasteiger partial charge on any atom is -0.489 e. The molecule has 0 amide bonds. The van der Waals surface area contributed by atoms with Crippen LogP contribution in [0.15, 0.2) is 78.9 Å². The number of hydrogen-bond acceptors (Lipinski definition) is 6. The number of ether oxygens (including phenoxy) is 2. The molecule has 3 aromatic carbocycles. The summed E-state index contributed by atoms with van der Waals surface area (Å²) >= 11 is 6.59. The molecule has 1 unspecified atom stereocenters. The molecule has 12 heteroatoms. The fourth-order valence-corrected chi connectivity index (χ4v) is 6.36. The molecular weight excluding hydrogens is 661 g/mol. The van der Waals surface area contributed by atoms with Gasteiger partial charge in [-0.3, -0.25) is 9.69 Å². The molecule has 4 aromatic rings. The van der Waals surface area contributed by atoms with Gasteiger partial charge in [-0.15, -0.1) is 0 Å². The third-order valence-electron chi connectivity index (χ3n) is 8.58. The molecule has 8 nitrogen and oxygen atoms in total. The third kappa shape index (κ3) is 9.73. The van der Waals surface area contributed by atoms with Gasteiger partial charge in [0.05, 0.1) is 5.56 Å². The Balaban J connectivity index is 1.27. The number of para-hydroxylation sites is 1. The van der Waals surface area contributed by atoms with Crippen molar-refractivity contribution in [2.45, 2.75) is 63.8 Å². The molecule has 0 saturated carbocycles. The van der Waals surface area contributed by atoms with Crippen molar-refractivity contribution < 1.29 is 42.4 Å². The Hall–Kier alpha value is -4.61. The lowest BCUT2D eigenvalue weighted by atomic mass is 9.89. The van der Waals surface area contributed by atoms with Crippen LogP contribution in [0.5, 0.6) is 11.6 Å². The molecule has 0 fully saturated rings. The maximum atomic E-state index is 13.0. The zero-order chi connectivity index (χ0) is 35.0. The fourth-order valence-electron chi connectivity index (χ4n) is 6.12. The van der Waals surface area contributed by atoms with Crippen LogP contribution in [0, 0.1) is 0 Å². The van der Waals surface area contributed by atoms with Crippen LogP contribution in [0.3, 0.4) is 0 Å². The Kier molecular flexibility index (Phi) is 11.8. The summed E-state index contributed by atoms with van der Waals surface area (Å²) < 4.78 is 49.9. The highest BCUT2D eigenvalue weighted by atomic mass is 35.5. The van der Waals surface area contributed by atoms with Gasteiger partial charge in [-0.2, -0.15) is 13.2 Å². The molecular formula is C37H36ClF3N2O6. The van der Waals surface area contributed by atoms with Crippen molar-refractivity contribution in [3.05, 3.63) is 112 Å². The molecule has 1 aliphatic carbocycles. The Morgan fingerprint density at radius 1 is 0.918 bits per heavy atom. The van der Waals surface area contributed by atoms with E-state index in [9.17, 15) is 22.8 Å². The number of benzene rings is 3. The quantitative estimate of drug-likeness (QED) is 0.0992. The van der Waals surface area contributed by atoms with E-state index in [0.29, 0.717) is 60.7 Å². The van der Waals surface area contributed by atoms with Crippen molar-refractivity contribution >= 4 is 23.7 Å². The largest absolute Gasteiger partial charge is 0.512 e. The van der Waals surface area contributed by atoms with Crippen molar-refractivity contribution in [1.82, 2.24) is 9.88 Å². The number of aryl methyl sites for hydroxylation is 1. The molecule has 258 valence electrons. The lowest BCUT2D eigenvalue weighted by Crippen LogP contribution is -2.34. The summed E-state index contributed by atoms with van der Waals surface area (Å²) in [5, 5.41) is 18.6. The normalized spacial score (nSPS) is 14.3. The Bertz CT molecular complexity index is 1770. The molecule has 49 heavy (non-hydrogen) atoms. The molecule has 1 atom stereocenters. The summed E-state index contributed by atoms with van der Waals surface area (Å²) in [6.07, 6.45) is -1.38. The highest BCUT2D eigenvalue weighted by Crippen LogP contribution is 2.36. The molecule has 0 aliphatic heterocycles. The van der Waals surface area contributed by atoms with Gasteiger partial charge in [0.1, 0.15) is 12.4 Å². The molecule has 0 bridgehead atoms. The van der Waals surface area contributed by atoms with E-state index < -0.39 is 23.9 Å². The van der Waals surface area contributed by atoms with E-state index in [1.165, 1.54) is 12.1 Å². The van der Waals surface area contributed by atoms with E-state index in [2.05, 4.69) is 9.88 Å². The first kappa shape index (κ1) is 35.7. The van der Waals surface area contributed by atoms with Gasteiger partial charge in [0.25, 0.3) is 0 Å². The number of alkyl halides is 3. The van der Waals surface area contributed by atoms with Gasteiger partial charge in [-0.05, 0) is 91.6 Å². The van der Waals surface area contributed by atoms with E-state index in [1.807, 2.05) is 30.3 Å². The first-order valence-electron chi connectivity index (χ1n) is 16.0. The zero-order valence-corrected chi connectivity index (χ0v) is 27.3. The van der Waals surface area contributed by atoms with Crippen LogP contribution < -0.4 is 9.47 Å². The SMILES string of the molecule is O=C(O)CCCCN(CCc1ccccc1OCc1ccc(-c2ccc(C(F)(F)F)cc2)cc1Cl)C1CCCc2nc(OC(=O)O)ccc21. The van der Waals surface area contributed by atoms with Crippen LogP contribution >= 0.6 is 11.6 Å². The lowest BCUT2D eigenvalue weighted by Gasteiger charge is -2.36. The first-order valence-corrected chi connectivity index (χ1v) is 16.4. The van der Waals surface area contributed by atoms with Crippen LogP contribution in [0.25, 0.3) is 11.1 Å². The second-order valence-electron chi connectivity index (χ2n) is 11.9. The number of pyridine rings is 1. The second-order valence-corrected chi connectivity index (χ2v) is 12.3. The zero-order valence-electron chi connectivity index (χ0n) is 26.6. The minimum atomic E-state index is -4.41. The van der Waals surface area contributed by atoms with Crippen LogP contribution in [0.1, 0.15) is 66.1 Å². The smallest absolute Gasteiger partial charge is 0.489 e. The maximum absolute atomic E-state index is 13.0. The van der Waals surface area contributed by atoms with Gasteiger partial charge in [0.15, 0.2) is 0 Å².